The van der Waals surface area contributed by atoms with E-state index >= 15 is 0 Å². The molecule has 0 aliphatic rings. The number of hydrogen-bond donors (Lipinski definition) is 1. The summed E-state index contributed by atoms with van der Waals surface area (Å²) in [5.41, 5.74) is 4.69. The molecule has 4 heteroatoms. The van der Waals surface area contributed by atoms with Crippen molar-refractivity contribution in [2.75, 3.05) is 6.54 Å². The number of benzene rings is 2. The Kier molecular flexibility index (Phi) is 3.78. The molecule has 0 radical (unpaired) electrons. The number of fused-ring (bicyclic) bond motifs is 1. The first kappa shape index (κ1) is 13.1. The van der Waals surface area contributed by atoms with Crippen LogP contribution in [-0.2, 0) is 0 Å². The number of nitrogens with one attached hydrogen (secondary N) is 1. The maximum atomic E-state index is 12.2. The third-order valence-electron chi connectivity index (χ3n) is 3.20. The van der Waals surface area contributed by atoms with E-state index in [1.54, 1.807) is 17.0 Å². The number of hydrazone groups is 1. The van der Waals surface area contributed by atoms with E-state index in [4.69, 9.17) is 0 Å². The predicted octanol–water partition coefficient (Wildman–Crippen LogP) is 2.91. The highest BCUT2D eigenvalue weighted by Gasteiger charge is 2.07. The van der Waals surface area contributed by atoms with E-state index in [1.807, 2.05) is 60.7 Å². The number of para-hydroxylation sites is 1. The van der Waals surface area contributed by atoms with Gasteiger partial charge in [-0.2, -0.15) is 5.10 Å². The average molecular weight is 277 g/mol. The first-order valence-corrected chi connectivity index (χ1v) is 6.75. The molecular formula is C17H15N3O. The van der Waals surface area contributed by atoms with Crippen LogP contribution in [0.25, 0.3) is 10.9 Å². The van der Waals surface area contributed by atoms with E-state index in [-0.39, 0.29) is 12.5 Å². The fraction of sp³-hybridized carbons (Fsp3) is 0.0588. The second-order valence-corrected chi connectivity index (χ2v) is 4.64. The van der Waals surface area contributed by atoms with Gasteiger partial charge in [-0.05, 0) is 17.7 Å². The van der Waals surface area contributed by atoms with Crippen molar-refractivity contribution < 1.29 is 4.79 Å². The van der Waals surface area contributed by atoms with Crippen molar-refractivity contribution in [1.29, 1.82) is 0 Å². The van der Waals surface area contributed by atoms with Crippen LogP contribution in [0.1, 0.15) is 10.4 Å². The zero-order valence-electron chi connectivity index (χ0n) is 11.4. The number of carbonyl (C=O) groups is 1. The molecule has 0 saturated carbocycles. The summed E-state index contributed by atoms with van der Waals surface area (Å²) in [4.78, 5) is 12.2. The Bertz CT molecular complexity index is 775. The molecule has 0 spiro atoms. The normalized spacial score (nSPS) is 11.0. The summed E-state index contributed by atoms with van der Waals surface area (Å²) in [5, 5.41) is 5.12. The van der Waals surface area contributed by atoms with Crippen molar-refractivity contribution in [3.8, 4) is 0 Å². The zero-order valence-corrected chi connectivity index (χ0v) is 11.4. The van der Waals surface area contributed by atoms with E-state index in [0.717, 1.165) is 16.5 Å². The highest BCUT2D eigenvalue weighted by Crippen LogP contribution is 2.14. The summed E-state index contributed by atoms with van der Waals surface area (Å²) >= 11 is 0. The molecule has 3 aromatic rings. The van der Waals surface area contributed by atoms with Crippen molar-refractivity contribution in [2.45, 2.75) is 0 Å². The van der Waals surface area contributed by atoms with Crippen LogP contribution in [0.5, 0.6) is 0 Å². The van der Waals surface area contributed by atoms with Crippen LogP contribution in [0.2, 0.25) is 0 Å². The molecule has 1 aromatic heterocycles. The Morgan fingerprint density at radius 1 is 1.05 bits per heavy atom. The standard InChI is InChI=1S/C17H15N3O/c21-17(13-19-18-12-14-6-2-1-3-7-14)20-11-10-15-8-4-5-9-16(15)20/h1-12,19H,13H2/b18-12+. The van der Waals surface area contributed by atoms with Crippen LogP contribution < -0.4 is 5.43 Å². The number of aromatic nitrogens is 1. The van der Waals surface area contributed by atoms with Gasteiger partial charge in [0.1, 0.15) is 6.54 Å². The minimum atomic E-state index is -0.0404. The van der Waals surface area contributed by atoms with Crippen LogP contribution >= 0.6 is 0 Å². The van der Waals surface area contributed by atoms with Gasteiger partial charge < -0.3 is 5.43 Å². The number of nitrogens with zero attached hydrogens (tertiary/aromatic N) is 2. The van der Waals surface area contributed by atoms with Crippen molar-refractivity contribution in [2.24, 2.45) is 5.10 Å². The van der Waals surface area contributed by atoms with E-state index in [0.29, 0.717) is 0 Å². The molecule has 0 aliphatic carbocycles. The van der Waals surface area contributed by atoms with E-state index in [2.05, 4.69) is 10.5 Å². The van der Waals surface area contributed by atoms with E-state index in [9.17, 15) is 4.79 Å². The Morgan fingerprint density at radius 3 is 2.67 bits per heavy atom. The lowest BCUT2D eigenvalue weighted by molar-refractivity contribution is 0.0918. The van der Waals surface area contributed by atoms with Crippen molar-refractivity contribution >= 4 is 23.0 Å². The summed E-state index contributed by atoms with van der Waals surface area (Å²) in [6, 6.07) is 19.5. The van der Waals surface area contributed by atoms with Gasteiger partial charge in [-0.1, -0.05) is 48.5 Å². The summed E-state index contributed by atoms with van der Waals surface area (Å²) < 4.78 is 1.64. The Balaban J connectivity index is 1.63. The van der Waals surface area contributed by atoms with Crippen molar-refractivity contribution in [3.63, 3.8) is 0 Å². The maximum absolute atomic E-state index is 12.2. The largest absolute Gasteiger partial charge is 0.301 e. The lowest BCUT2D eigenvalue weighted by atomic mass is 10.2. The highest BCUT2D eigenvalue weighted by atomic mass is 16.2. The molecule has 0 saturated heterocycles. The van der Waals surface area contributed by atoms with Crippen LogP contribution in [0, 0.1) is 0 Å². The molecule has 0 atom stereocenters. The second-order valence-electron chi connectivity index (χ2n) is 4.64. The molecule has 0 fully saturated rings. The number of hydrogen-bond acceptors (Lipinski definition) is 3. The Morgan fingerprint density at radius 2 is 1.81 bits per heavy atom. The van der Waals surface area contributed by atoms with Crippen LogP contribution in [0.3, 0.4) is 0 Å². The monoisotopic (exact) mass is 277 g/mol. The van der Waals surface area contributed by atoms with Crippen molar-refractivity contribution in [3.05, 3.63) is 72.4 Å². The predicted molar refractivity (Wildman–Crippen MR) is 84.6 cm³/mol. The molecule has 4 nitrogen and oxygen atoms in total. The molecule has 0 amide bonds. The van der Waals surface area contributed by atoms with Gasteiger partial charge in [0.2, 0.25) is 0 Å². The lowest BCUT2D eigenvalue weighted by Gasteiger charge is -2.03. The molecule has 3 rings (SSSR count). The van der Waals surface area contributed by atoms with E-state index in [1.165, 1.54) is 0 Å². The van der Waals surface area contributed by atoms with Gasteiger partial charge in [-0.15, -0.1) is 0 Å². The Labute approximate surface area is 122 Å². The van der Waals surface area contributed by atoms with Crippen LogP contribution in [0.4, 0.5) is 0 Å². The lowest BCUT2D eigenvalue weighted by Crippen LogP contribution is -2.23. The quantitative estimate of drug-likeness (QED) is 0.589. The topological polar surface area (TPSA) is 46.4 Å². The third kappa shape index (κ3) is 3.00. The Hall–Kier alpha value is -2.88. The molecule has 0 unspecified atom stereocenters. The van der Waals surface area contributed by atoms with Gasteiger partial charge in [0.05, 0.1) is 11.7 Å². The number of carbonyl (C=O) groups excluding carboxylic acids is 1. The third-order valence-corrected chi connectivity index (χ3v) is 3.20. The summed E-state index contributed by atoms with van der Waals surface area (Å²) in [6.07, 6.45) is 3.48. The SMILES string of the molecule is O=C(CN/N=C/c1ccccc1)n1ccc2ccccc21. The first-order chi connectivity index (χ1) is 10.3. The molecule has 21 heavy (non-hydrogen) atoms. The van der Waals surface area contributed by atoms with Gasteiger partial charge in [-0.3, -0.25) is 9.36 Å². The smallest absolute Gasteiger partial charge is 0.252 e. The second kappa shape index (κ2) is 6.05. The van der Waals surface area contributed by atoms with Crippen molar-refractivity contribution in [1.82, 2.24) is 9.99 Å². The van der Waals surface area contributed by atoms with Gasteiger partial charge in [-0.25, -0.2) is 0 Å². The van der Waals surface area contributed by atoms with Gasteiger partial charge in [0, 0.05) is 11.6 Å². The molecule has 2 aromatic carbocycles. The van der Waals surface area contributed by atoms with Gasteiger partial charge >= 0.3 is 0 Å². The first-order valence-electron chi connectivity index (χ1n) is 6.75. The fourth-order valence-electron chi connectivity index (χ4n) is 2.16. The van der Waals surface area contributed by atoms with Crippen LogP contribution in [0.15, 0.2) is 72.0 Å². The molecular weight excluding hydrogens is 262 g/mol. The van der Waals surface area contributed by atoms with Crippen LogP contribution in [-0.4, -0.2) is 23.2 Å². The minimum Gasteiger partial charge on any atom is -0.301 e. The van der Waals surface area contributed by atoms with E-state index < -0.39 is 0 Å². The fourth-order valence-corrected chi connectivity index (χ4v) is 2.16. The van der Waals surface area contributed by atoms with Gasteiger partial charge in [0.25, 0.3) is 5.91 Å². The molecule has 104 valence electrons. The summed E-state index contributed by atoms with van der Waals surface area (Å²) in [5.74, 6) is -0.0404. The summed E-state index contributed by atoms with van der Waals surface area (Å²) in [6.45, 7) is 0.155. The molecule has 0 bridgehead atoms. The molecule has 0 aliphatic heterocycles. The minimum absolute atomic E-state index is 0.0404. The molecule has 1 heterocycles. The molecule has 1 N–H and O–H groups in total. The zero-order chi connectivity index (χ0) is 14.5. The average Bonchev–Trinajstić information content (AvgIpc) is 2.96. The van der Waals surface area contributed by atoms with Gasteiger partial charge in [0.15, 0.2) is 0 Å². The maximum Gasteiger partial charge on any atom is 0.252 e. The number of rotatable bonds is 4. The highest BCUT2D eigenvalue weighted by molar-refractivity contribution is 5.93. The summed E-state index contributed by atoms with van der Waals surface area (Å²) in [7, 11) is 0.